The maximum atomic E-state index is 12.5. The molecular formula is C20H21F3N2O2. The van der Waals surface area contributed by atoms with Crippen LogP contribution >= 0.6 is 0 Å². The van der Waals surface area contributed by atoms with Crippen LogP contribution in [0.25, 0.3) is 0 Å². The van der Waals surface area contributed by atoms with Crippen molar-refractivity contribution in [1.82, 2.24) is 4.90 Å². The minimum atomic E-state index is -4.82. The topological polar surface area (TPSA) is 41.6 Å². The summed E-state index contributed by atoms with van der Waals surface area (Å²) in [6.45, 7) is 3.00. The van der Waals surface area contributed by atoms with Gasteiger partial charge >= 0.3 is 6.36 Å². The fraction of sp³-hybridized carbons (Fsp3) is 0.350. The number of carbonyl (C=O) groups is 1. The summed E-state index contributed by atoms with van der Waals surface area (Å²) in [6.07, 6.45) is -1.13. The fourth-order valence-corrected chi connectivity index (χ4v) is 3.12. The van der Waals surface area contributed by atoms with Crippen LogP contribution in [-0.2, 0) is 6.54 Å². The molecule has 1 aliphatic rings. The molecule has 7 heteroatoms. The molecule has 1 fully saturated rings. The summed E-state index contributed by atoms with van der Waals surface area (Å²) in [5.74, 6) is -0.933. The quantitative estimate of drug-likeness (QED) is 0.811. The van der Waals surface area contributed by atoms with Crippen LogP contribution in [-0.4, -0.2) is 30.3 Å². The number of hydrogen-bond donors (Lipinski definition) is 1. The Kier molecular flexibility index (Phi) is 6.01. The summed E-state index contributed by atoms with van der Waals surface area (Å²) in [6, 6.07) is 12.6. The number of ether oxygens (including phenoxy) is 1. The highest BCUT2D eigenvalue weighted by molar-refractivity contribution is 6.05. The lowest BCUT2D eigenvalue weighted by atomic mass is 10.1. The number of alkyl halides is 3. The molecule has 0 bridgehead atoms. The maximum Gasteiger partial charge on any atom is 0.573 e. The van der Waals surface area contributed by atoms with Gasteiger partial charge in [0, 0.05) is 12.1 Å². The van der Waals surface area contributed by atoms with Crippen LogP contribution in [0.3, 0.4) is 0 Å². The van der Waals surface area contributed by atoms with Gasteiger partial charge in [0.1, 0.15) is 0 Å². The van der Waals surface area contributed by atoms with E-state index in [0.717, 1.165) is 31.3 Å². The van der Waals surface area contributed by atoms with Gasteiger partial charge in [-0.25, -0.2) is 0 Å². The molecule has 1 saturated heterocycles. The van der Waals surface area contributed by atoms with Crippen molar-refractivity contribution < 1.29 is 22.7 Å². The summed E-state index contributed by atoms with van der Waals surface area (Å²) in [7, 11) is 0. The average molecular weight is 378 g/mol. The summed E-state index contributed by atoms with van der Waals surface area (Å²) in [4.78, 5) is 14.8. The van der Waals surface area contributed by atoms with Gasteiger partial charge in [-0.05, 0) is 55.8 Å². The van der Waals surface area contributed by atoms with E-state index >= 15 is 0 Å². The van der Waals surface area contributed by atoms with Crippen molar-refractivity contribution in [2.24, 2.45) is 0 Å². The standard InChI is InChI=1S/C20H21F3N2O2/c21-20(22,23)27-18-7-3-2-6-17(18)24-19(26)16-10-8-15(9-11-16)14-25-12-4-1-5-13-25/h2-3,6-11H,1,4-5,12-14H2,(H,24,26). The van der Waals surface area contributed by atoms with Crippen LogP contribution in [0.5, 0.6) is 5.75 Å². The van der Waals surface area contributed by atoms with Crippen molar-refractivity contribution in [1.29, 1.82) is 0 Å². The Morgan fingerprint density at radius 1 is 1.00 bits per heavy atom. The van der Waals surface area contributed by atoms with Crippen molar-refractivity contribution in [2.45, 2.75) is 32.2 Å². The minimum absolute atomic E-state index is 0.0304. The summed E-state index contributed by atoms with van der Waals surface area (Å²) >= 11 is 0. The van der Waals surface area contributed by atoms with E-state index in [2.05, 4.69) is 15.0 Å². The highest BCUT2D eigenvalue weighted by atomic mass is 19.4. The highest BCUT2D eigenvalue weighted by Gasteiger charge is 2.32. The first-order chi connectivity index (χ1) is 12.9. The number of carbonyl (C=O) groups excluding carboxylic acids is 1. The molecule has 0 atom stereocenters. The summed E-state index contributed by atoms with van der Waals surface area (Å²) in [5.41, 5.74) is 1.45. The number of piperidine rings is 1. The van der Waals surface area contributed by atoms with Crippen molar-refractivity contribution in [3.8, 4) is 5.75 Å². The van der Waals surface area contributed by atoms with Gasteiger partial charge in [-0.2, -0.15) is 0 Å². The molecule has 0 unspecified atom stereocenters. The lowest BCUT2D eigenvalue weighted by Gasteiger charge is -2.26. The molecule has 2 aromatic rings. The molecule has 0 radical (unpaired) electrons. The Morgan fingerprint density at radius 2 is 1.67 bits per heavy atom. The molecule has 1 aliphatic heterocycles. The zero-order chi connectivity index (χ0) is 19.3. The van der Waals surface area contributed by atoms with E-state index in [-0.39, 0.29) is 5.69 Å². The second kappa shape index (κ2) is 8.43. The van der Waals surface area contributed by atoms with Gasteiger partial charge in [-0.15, -0.1) is 13.2 Å². The normalized spacial score (nSPS) is 15.4. The molecule has 1 heterocycles. The van der Waals surface area contributed by atoms with Gasteiger partial charge in [0.25, 0.3) is 5.91 Å². The van der Waals surface area contributed by atoms with E-state index in [0.29, 0.717) is 5.56 Å². The largest absolute Gasteiger partial charge is 0.573 e. The Bertz CT molecular complexity index is 770. The SMILES string of the molecule is O=C(Nc1ccccc1OC(F)(F)F)c1ccc(CN2CCCCC2)cc1. The highest BCUT2D eigenvalue weighted by Crippen LogP contribution is 2.30. The number of likely N-dealkylation sites (tertiary alicyclic amines) is 1. The van der Waals surface area contributed by atoms with E-state index in [1.165, 1.54) is 37.5 Å². The fourth-order valence-electron chi connectivity index (χ4n) is 3.12. The molecular weight excluding hydrogens is 357 g/mol. The molecule has 0 aromatic heterocycles. The number of halogens is 3. The number of nitrogens with one attached hydrogen (secondary N) is 1. The molecule has 4 nitrogen and oxygen atoms in total. The Morgan fingerprint density at radius 3 is 2.33 bits per heavy atom. The molecule has 2 aromatic carbocycles. The molecule has 1 N–H and O–H groups in total. The lowest BCUT2D eigenvalue weighted by Crippen LogP contribution is -2.29. The maximum absolute atomic E-state index is 12.5. The number of hydrogen-bond acceptors (Lipinski definition) is 3. The van der Waals surface area contributed by atoms with Crippen LogP contribution < -0.4 is 10.1 Å². The third-order valence-corrected chi connectivity index (χ3v) is 4.43. The molecule has 1 amide bonds. The zero-order valence-corrected chi connectivity index (χ0v) is 14.8. The van der Waals surface area contributed by atoms with Crippen LogP contribution in [0, 0.1) is 0 Å². The van der Waals surface area contributed by atoms with Crippen molar-refractivity contribution in [3.63, 3.8) is 0 Å². The van der Waals surface area contributed by atoms with Crippen LogP contribution in [0.4, 0.5) is 18.9 Å². The second-order valence-corrected chi connectivity index (χ2v) is 6.53. The van der Waals surface area contributed by atoms with Gasteiger partial charge < -0.3 is 10.1 Å². The predicted molar refractivity (Wildman–Crippen MR) is 96.6 cm³/mol. The second-order valence-electron chi connectivity index (χ2n) is 6.53. The van der Waals surface area contributed by atoms with Gasteiger partial charge in [-0.1, -0.05) is 30.7 Å². The van der Waals surface area contributed by atoms with Gasteiger partial charge in [0.15, 0.2) is 5.75 Å². The Hall–Kier alpha value is -2.54. The Balaban J connectivity index is 1.64. The first-order valence-corrected chi connectivity index (χ1v) is 8.88. The number of nitrogens with zero attached hydrogens (tertiary/aromatic N) is 1. The van der Waals surface area contributed by atoms with E-state index in [9.17, 15) is 18.0 Å². The number of anilines is 1. The lowest BCUT2D eigenvalue weighted by molar-refractivity contribution is -0.274. The molecule has 27 heavy (non-hydrogen) atoms. The molecule has 0 aliphatic carbocycles. The summed E-state index contributed by atoms with van der Waals surface area (Å²) in [5, 5.41) is 2.48. The minimum Gasteiger partial charge on any atom is -0.404 e. The molecule has 144 valence electrons. The number of para-hydroxylation sites is 2. The average Bonchev–Trinajstić information content (AvgIpc) is 2.63. The summed E-state index contributed by atoms with van der Waals surface area (Å²) < 4.78 is 41.4. The zero-order valence-electron chi connectivity index (χ0n) is 14.8. The molecule has 0 spiro atoms. The van der Waals surface area contributed by atoms with E-state index < -0.39 is 18.0 Å². The van der Waals surface area contributed by atoms with E-state index in [1.807, 2.05) is 12.1 Å². The van der Waals surface area contributed by atoms with Crippen LogP contribution in [0.15, 0.2) is 48.5 Å². The van der Waals surface area contributed by atoms with Crippen LogP contribution in [0.1, 0.15) is 35.2 Å². The molecule has 3 rings (SSSR count). The Labute approximate surface area is 155 Å². The number of rotatable bonds is 5. The van der Waals surface area contributed by atoms with E-state index in [4.69, 9.17) is 0 Å². The smallest absolute Gasteiger partial charge is 0.404 e. The first kappa shape index (κ1) is 19.2. The van der Waals surface area contributed by atoms with Crippen molar-refractivity contribution in [3.05, 3.63) is 59.7 Å². The third kappa shape index (κ3) is 5.72. The van der Waals surface area contributed by atoms with Gasteiger partial charge in [0.05, 0.1) is 5.69 Å². The van der Waals surface area contributed by atoms with E-state index in [1.54, 1.807) is 12.1 Å². The van der Waals surface area contributed by atoms with Gasteiger partial charge in [-0.3, -0.25) is 9.69 Å². The van der Waals surface area contributed by atoms with Crippen molar-refractivity contribution >= 4 is 11.6 Å². The van der Waals surface area contributed by atoms with Gasteiger partial charge in [0.2, 0.25) is 0 Å². The monoisotopic (exact) mass is 378 g/mol. The first-order valence-electron chi connectivity index (χ1n) is 8.88. The molecule has 0 saturated carbocycles. The predicted octanol–water partition coefficient (Wildman–Crippen LogP) is 4.82. The van der Waals surface area contributed by atoms with Crippen molar-refractivity contribution in [2.75, 3.05) is 18.4 Å². The number of benzene rings is 2. The number of amides is 1. The third-order valence-electron chi connectivity index (χ3n) is 4.43. The van der Waals surface area contributed by atoms with Crippen LogP contribution in [0.2, 0.25) is 0 Å².